The molecule has 1 N–H and O–H groups in total. The molecule has 0 radical (unpaired) electrons. The first-order valence-electron chi connectivity index (χ1n) is 15.2. The van der Waals surface area contributed by atoms with Crippen molar-refractivity contribution in [2.45, 2.75) is 11.8 Å². The van der Waals surface area contributed by atoms with Gasteiger partial charge in [0.1, 0.15) is 5.82 Å². The van der Waals surface area contributed by atoms with E-state index in [2.05, 4.69) is 9.97 Å². The van der Waals surface area contributed by atoms with Gasteiger partial charge in [-0.2, -0.15) is 12.7 Å². The number of piperazine rings is 1. The molecule has 3 aromatic heterocycles. The van der Waals surface area contributed by atoms with Crippen molar-refractivity contribution in [1.29, 1.82) is 0 Å². The minimum Gasteiger partial charge on any atom is -0.367 e. The van der Waals surface area contributed by atoms with E-state index in [4.69, 9.17) is 4.55 Å². The van der Waals surface area contributed by atoms with Crippen molar-refractivity contribution < 1.29 is 25.8 Å². The van der Waals surface area contributed by atoms with Crippen LogP contribution in [0.5, 0.6) is 0 Å². The van der Waals surface area contributed by atoms with Gasteiger partial charge in [-0.15, -0.1) is 0 Å². The Bertz CT molecular complexity index is 2460. The van der Waals surface area contributed by atoms with E-state index in [1.165, 1.54) is 37.9 Å². The van der Waals surface area contributed by atoms with Gasteiger partial charge in [0.15, 0.2) is 0 Å². The molecule has 0 amide bonds. The van der Waals surface area contributed by atoms with Crippen molar-refractivity contribution in [2.24, 2.45) is 7.05 Å². The average Bonchev–Trinajstić information content (AvgIpc) is 3.34. The van der Waals surface area contributed by atoms with E-state index >= 15 is 4.39 Å². The molecule has 49 heavy (non-hydrogen) atoms. The first-order valence-corrected chi connectivity index (χ1v) is 18.5. The molecule has 12 nitrogen and oxygen atoms in total. The Kier molecular flexibility index (Phi) is 9.11. The number of sulfonamides is 1. The van der Waals surface area contributed by atoms with Gasteiger partial charge in [-0.05, 0) is 55.0 Å². The lowest BCUT2D eigenvalue weighted by Crippen LogP contribution is -2.48. The predicted molar refractivity (Wildman–Crippen MR) is 187 cm³/mol. The first kappa shape index (κ1) is 33.9. The second kappa shape index (κ2) is 13.2. The molecule has 0 spiro atoms. The summed E-state index contributed by atoms with van der Waals surface area (Å²) in [6.45, 7) is 3.19. The molecule has 4 heterocycles. The lowest BCUT2D eigenvalue weighted by molar-refractivity contribution is 0.386. The number of imidazole rings is 1. The molecule has 1 aliphatic heterocycles. The molecule has 0 bridgehead atoms. The zero-order valence-corrected chi connectivity index (χ0v) is 28.5. The monoisotopic (exact) mass is 704 g/mol. The van der Waals surface area contributed by atoms with Gasteiger partial charge < -0.3 is 4.90 Å². The Hall–Kier alpha value is -4.96. The molecule has 0 unspecified atom stereocenters. The number of fused-ring (bicyclic) bond motifs is 3. The smallest absolute Gasteiger partial charge is 0.333 e. The maximum Gasteiger partial charge on any atom is 0.333 e. The van der Waals surface area contributed by atoms with Crippen molar-refractivity contribution in [1.82, 2.24) is 23.4 Å². The number of halogens is 1. The van der Waals surface area contributed by atoms with E-state index in [1.54, 1.807) is 49.9 Å². The normalized spacial score (nSPS) is 14.2. The minimum atomic E-state index is -4.02. The van der Waals surface area contributed by atoms with Crippen LogP contribution in [0.4, 0.5) is 10.1 Å². The molecule has 1 aliphatic rings. The lowest BCUT2D eigenvalue weighted by atomic mass is 10.0. The van der Waals surface area contributed by atoms with Crippen molar-refractivity contribution in [2.75, 3.05) is 37.3 Å². The van der Waals surface area contributed by atoms with Gasteiger partial charge in [0.2, 0.25) is 10.0 Å². The number of aryl methyl sites for hydroxylation is 2. The van der Waals surface area contributed by atoms with Crippen LogP contribution < -0.4 is 10.6 Å². The van der Waals surface area contributed by atoms with Crippen LogP contribution in [-0.2, 0) is 27.2 Å². The minimum absolute atomic E-state index is 0.0666. The largest absolute Gasteiger partial charge is 0.367 e. The summed E-state index contributed by atoms with van der Waals surface area (Å²) in [5.74, 6) is -0.478. The third kappa shape index (κ3) is 6.96. The van der Waals surface area contributed by atoms with Gasteiger partial charge in [0, 0.05) is 62.6 Å². The predicted octanol–water partition coefficient (Wildman–Crippen LogP) is 4.40. The molecule has 15 heteroatoms. The van der Waals surface area contributed by atoms with Crippen LogP contribution >= 0.6 is 0 Å². The highest BCUT2D eigenvalue weighted by atomic mass is 32.2. The van der Waals surface area contributed by atoms with Gasteiger partial charge >= 0.3 is 5.69 Å². The molecule has 6 aromatic rings. The van der Waals surface area contributed by atoms with Crippen molar-refractivity contribution >= 4 is 47.8 Å². The van der Waals surface area contributed by atoms with E-state index in [9.17, 15) is 21.6 Å². The van der Waals surface area contributed by atoms with Crippen molar-refractivity contribution in [3.63, 3.8) is 0 Å². The Labute approximate surface area is 282 Å². The number of pyridine rings is 2. The zero-order valence-electron chi connectivity index (χ0n) is 26.9. The summed E-state index contributed by atoms with van der Waals surface area (Å²) in [7, 11) is -5.63. The Balaban J connectivity index is 0.000000324. The van der Waals surface area contributed by atoms with E-state index in [-0.39, 0.29) is 10.6 Å². The van der Waals surface area contributed by atoms with Gasteiger partial charge in [-0.25, -0.2) is 17.6 Å². The molecule has 1 fully saturated rings. The van der Waals surface area contributed by atoms with Gasteiger partial charge in [0.25, 0.3) is 10.1 Å². The highest BCUT2D eigenvalue weighted by Crippen LogP contribution is 2.31. The Morgan fingerprint density at radius 3 is 2.18 bits per heavy atom. The van der Waals surface area contributed by atoms with Crippen LogP contribution in [0, 0.1) is 12.7 Å². The molecular weight excluding hydrogens is 672 g/mol. The summed E-state index contributed by atoms with van der Waals surface area (Å²) in [5, 5.41) is 0.767. The molecule has 0 saturated carbocycles. The van der Waals surface area contributed by atoms with Gasteiger partial charge in [-0.1, -0.05) is 29.8 Å². The zero-order chi connectivity index (χ0) is 35.1. The number of rotatable bonds is 5. The fraction of sp³-hybridized carbons (Fsp3) is 0.206. The topological polar surface area (TPSA) is 148 Å². The maximum absolute atomic E-state index is 15.5. The standard InChI is InChI=1S/C27H25FN6O3S.C7H8O3S/c1-31-25-17-30-23-7-5-18(19-4-3-9-29-16-19)14-21(23)26(25)34(27(31)35)20-6-8-24(22(28)15-20)32-10-12-33(13-11-32)38(2,36)37;1-6-2-4-7(5-3-6)11(8,9)10/h3-9,14-17H,10-13H2,1-2H3;2-5H,1H3,(H,8,9,10). The molecular formula is C34H33FN6O6S2. The number of nitrogens with zero attached hydrogens (tertiary/aromatic N) is 6. The molecule has 0 atom stereocenters. The SMILES string of the molecule is Cc1ccc(S(=O)(=O)O)cc1.Cn1c(=O)n(-c2ccc(N3CCN(S(C)(=O)=O)CC3)c(F)c2)c2c3cc(-c4cccnc4)ccc3ncc21. The highest BCUT2D eigenvalue weighted by molar-refractivity contribution is 7.88. The number of hydrogen-bond acceptors (Lipinski definition) is 8. The molecule has 0 aliphatic carbocycles. The summed E-state index contributed by atoms with van der Waals surface area (Å²) >= 11 is 0. The van der Waals surface area contributed by atoms with Crippen LogP contribution in [0.3, 0.4) is 0 Å². The van der Waals surface area contributed by atoms with E-state index < -0.39 is 26.0 Å². The fourth-order valence-corrected chi connectivity index (χ4v) is 7.12. The third-order valence-corrected chi connectivity index (χ3v) is 10.6. The molecule has 254 valence electrons. The second-order valence-electron chi connectivity index (χ2n) is 11.7. The van der Waals surface area contributed by atoms with Crippen LogP contribution in [0.15, 0.2) is 101 Å². The highest BCUT2D eigenvalue weighted by Gasteiger charge is 2.25. The fourth-order valence-electron chi connectivity index (χ4n) is 5.81. The summed E-state index contributed by atoms with van der Waals surface area (Å²) in [6, 6.07) is 20.4. The van der Waals surface area contributed by atoms with Gasteiger partial charge in [-0.3, -0.25) is 23.7 Å². The van der Waals surface area contributed by atoms with E-state index in [0.29, 0.717) is 54.1 Å². The Morgan fingerprint density at radius 1 is 0.857 bits per heavy atom. The van der Waals surface area contributed by atoms with Crippen LogP contribution in [0.25, 0.3) is 38.8 Å². The number of hydrogen-bond donors (Lipinski definition) is 1. The number of anilines is 1. The van der Waals surface area contributed by atoms with Crippen molar-refractivity contribution in [3.8, 4) is 16.8 Å². The second-order valence-corrected chi connectivity index (χ2v) is 15.1. The first-order chi connectivity index (χ1) is 23.2. The van der Waals surface area contributed by atoms with Gasteiger partial charge in [0.05, 0.1) is 45.3 Å². The quantitative estimate of drug-likeness (QED) is 0.258. The van der Waals surface area contributed by atoms with Crippen LogP contribution in [-0.4, -0.2) is 77.2 Å². The van der Waals surface area contributed by atoms with Crippen LogP contribution in [0.1, 0.15) is 5.56 Å². The van der Waals surface area contributed by atoms with Crippen LogP contribution in [0.2, 0.25) is 0 Å². The summed E-state index contributed by atoms with van der Waals surface area (Å²) < 4.78 is 73.1. The van der Waals surface area contributed by atoms with E-state index in [0.717, 1.165) is 22.1 Å². The van der Waals surface area contributed by atoms with E-state index in [1.807, 2.05) is 42.2 Å². The molecule has 7 rings (SSSR count). The summed E-state index contributed by atoms with van der Waals surface area (Å²) in [5.41, 5.74) is 5.27. The molecule has 1 saturated heterocycles. The number of benzene rings is 3. The third-order valence-electron chi connectivity index (χ3n) is 8.43. The Morgan fingerprint density at radius 2 is 1.57 bits per heavy atom. The lowest BCUT2D eigenvalue weighted by Gasteiger charge is -2.34. The maximum atomic E-state index is 15.5. The molecule has 3 aromatic carbocycles. The summed E-state index contributed by atoms with van der Waals surface area (Å²) in [6.07, 6.45) is 6.32. The average molecular weight is 705 g/mol. The number of aromatic nitrogens is 4. The van der Waals surface area contributed by atoms with Crippen molar-refractivity contribution in [3.05, 3.63) is 113 Å². The summed E-state index contributed by atoms with van der Waals surface area (Å²) in [4.78, 5) is 23.9.